The lowest BCUT2D eigenvalue weighted by Gasteiger charge is -2.34. The van der Waals surface area contributed by atoms with Gasteiger partial charge in [0.05, 0.1) is 19.2 Å². The van der Waals surface area contributed by atoms with Gasteiger partial charge in [-0.1, -0.05) is 19.1 Å². The van der Waals surface area contributed by atoms with Gasteiger partial charge in [-0.05, 0) is 18.7 Å². The molecular formula is C20H24N4O2S. The number of ether oxygens (including phenoxy) is 1. The molecule has 6 nitrogen and oxygen atoms in total. The summed E-state index contributed by atoms with van der Waals surface area (Å²) >= 11 is 1.57. The fraction of sp³-hybridized carbons (Fsp3) is 0.400. The van der Waals surface area contributed by atoms with Crippen LogP contribution in [-0.4, -0.2) is 64.9 Å². The molecule has 4 rings (SSSR count). The Balaban J connectivity index is 1.51. The van der Waals surface area contributed by atoms with Gasteiger partial charge in [-0.25, -0.2) is 4.98 Å². The molecule has 0 atom stereocenters. The highest BCUT2D eigenvalue weighted by Crippen LogP contribution is 2.26. The van der Waals surface area contributed by atoms with Crippen LogP contribution < -0.4 is 4.74 Å². The summed E-state index contributed by atoms with van der Waals surface area (Å²) in [6.45, 7) is 6.78. The van der Waals surface area contributed by atoms with Crippen LogP contribution in [0.15, 0.2) is 35.8 Å². The van der Waals surface area contributed by atoms with Crippen LogP contribution in [-0.2, 0) is 11.2 Å². The summed E-state index contributed by atoms with van der Waals surface area (Å²) in [7, 11) is 1.66. The number of piperazine rings is 1. The van der Waals surface area contributed by atoms with Gasteiger partial charge in [-0.3, -0.25) is 9.20 Å². The van der Waals surface area contributed by atoms with E-state index in [9.17, 15) is 4.79 Å². The van der Waals surface area contributed by atoms with E-state index in [2.05, 4.69) is 11.8 Å². The monoisotopic (exact) mass is 384 g/mol. The van der Waals surface area contributed by atoms with Crippen LogP contribution in [0.5, 0.6) is 5.75 Å². The Kier molecular flexibility index (Phi) is 5.13. The number of amides is 1. The maximum atomic E-state index is 12.7. The van der Waals surface area contributed by atoms with Gasteiger partial charge in [0.2, 0.25) is 5.91 Å². The molecule has 1 amide bonds. The average Bonchev–Trinajstić information content (AvgIpc) is 3.30. The number of hydrogen-bond donors (Lipinski definition) is 0. The van der Waals surface area contributed by atoms with Gasteiger partial charge in [0, 0.05) is 49.0 Å². The Hall–Kier alpha value is -2.38. The molecule has 3 aromatic rings. The molecular weight excluding hydrogens is 360 g/mol. The van der Waals surface area contributed by atoms with Crippen molar-refractivity contribution in [1.29, 1.82) is 0 Å². The molecule has 1 aliphatic heterocycles. The lowest BCUT2D eigenvalue weighted by Crippen LogP contribution is -2.48. The molecule has 0 radical (unpaired) electrons. The number of thiazole rings is 1. The first-order valence-corrected chi connectivity index (χ1v) is 10.2. The Morgan fingerprint density at radius 2 is 2.07 bits per heavy atom. The zero-order valence-electron chi connectivity index (χ0n) is 15.7. The van der Waals surface area contributed by atoms with E-state index in [-0.39, 0.29) is 5.91 Å². The quantitative estimate of drug-likeness (QED) is 0.679. The predicted molar refractivity (Wildman–Crippen MR) is 107 cm³/mol. The first-order valence-electron chi connectivity index (χ1n) is 9.28. The van der Waals surface area contributed by atoms with Gasteiger partial charge < -0.3 is 14.5 Å². The molecule has 0 N–H and O–H groups in total. The summed E-state index contributed by atoms with van der Waals surface area (Å²) in [5, 5.41) is 2.04. The van der Waals surface area contributed by atoms with E-state index in [1.165, 1.54) is 0 Å². The number of carbonyl (C=O) groups excluding carboxylic acids is 1. The zero-order valence-corrected chi connectivity index (χ0v) is 16.5. The minimum absolute atomic E-state index is 0.196. The van der Waals surface area contributed by atoms with Crippen molar-refractivity contribution in [2.45, 2.75) is 13.3 Å². The highest BCUT2D eigenvalue weighted by molar-refractivity contribution is 7.15. The molecule has 7 heteroatoms. The van der Waals surface area contributed by atoms with E-state index >= 15 is 0 Å². The van der Waals surface area contributed by atoms with Crippen molar-refractivity contribution in [1.82, 2.24) is 19.2 Å². The van der Waals surface area contributed by atoms with Gasteiger partial charge in [0.25, 0.3) is 0 Å². The molecule has 0 aliphatic carbocycles. The van der Waals surface area contributed by atoms with Crippen molar-refractivity contribution < 1.29 is 9.53 Å². The Morgan fingerprint density at radius 3 is 2.81 bits per heavy atom. The lowest BCUT2D eigenvalue weighted by molar-refractivity contribution is -0.132. The van der Waals surface area contributed by atoms with Gasteiger partial charge in [0.15, 0.2) is 4.96 Å². The number of methoxy groups -OCH3 is 1. The van der Waals surface area contributed by atoms with E-state index in [1.54, 1.807) is 18.4 Å². The summed E-state index contributed by atoms with van der Waals surface area (Å²) in [4.78, 5) is 22.7. The third kappa shape index (κ3) is 3.70. The summed E-state index contributed by atoms with van der Waals surface area (Å²) in [6.07, 6.45) is 2.43. The van der Waals surface area contributed by atoms with Crippen molar-refractivity contribution in [3.63, 3.8) is 0 Å². The highest BCUT2D eigenvalue weighted by Gasteiger charge is 2.21. The number of fused-ring (bicyclic) bond motifs is 1. The first-order chi connectivity index (χ1) is 13.2. The van der Waals surface area contributed by atoms with E-state index in [4.69, 9.17) is 9.72 Å². The number of hydrogen-bond acceptors (Lipinski definition) is 5. The van der Waals surface area contributed by atoms with Gasteiger partial charge in [-0.15, -0.1) is 11.3 Å². The first kappa shape index (κ1) is 18.0. The fourth-order valence-corrected chi connectivity index (χ4v) is 4.33. The standard InChI is InChI=1S/C20H24N4O2S/c1-3-22-7-9-23(10-8-22)19(25)12-16-14-27-20-21-18(13-24(16)20)15-5-4-6-17(11-15)26-2/h4-6,11,13-14H,3,7-10,12H2,1-2H3. The normalized spacial score (nSPS) is 15.4. The van der Waals surface area contributed by atoms with Crippen molar-refractivity contribution in [3.05, 3.63) is 41.5 Å². The summed E-state index contributed by atoms with van der Waals surface area (Å²) < 4.78 is 7.35. The van der Waals surface area contributed by atoms with Crippen LogP contribution in [0.3, 0.4) is 0 Å². The second-order valence-electron chi connectivity index (χ2n) is 6.73. The Labute approximate surface area is 163 Å². The van der Waals surface area contributed by atoms with Crippen molar-refractivity contribution in [2.24, 2.45) is 0 Å². The van der Waals surface area contributed by atoms with E-state index in [0.717, 1.165) is 60.4 Å². The maximum Gasteiger partial charge on any atom is 0.228 e. The smallest absolute Gasteiger partial charge is 0.228 e. The lowest BCUT2D eigenvalue weighted by atomic mass is 10.1. The predicted octanol–water partition coefficient (Wildman–Crippen LogP) is 2.78. The van der Waals surface area contributed by atoms with E-state index in [1.807, 2.05) is 45.1 Å². The molecule has 0 unspecified atom stereocenters. The molecule has 0 spiro atoms. The minimum atomic E-state index is 0.196. The van der Waals surface area contributed by atoms with Crippen LogP contribution in [0.4, 0.5) is 0 Å². The third-order valence-corrected chi connectivity index (χ3v) is 6.04. The molecule has 142 valence electrons. The molecule has 1 fully saturated rings. The average molecular weight is 385 g/mol. The Morgan fingerprint density at radius 1 is 1.26 bits per heavy atom. The number of imidazole rings is 1. The van der Waals surface area contributed by atoms with Crippen LogP contribution in [0.2, 0.25) is 0 Å². The van der Waals surface area contributed by atoms with Crippen molar-refractivity contribution >= 4 is 22.2 Å². The molecule has 1 aromatic carbocycles. The number of likely N-dealkylation sites (N-methyl/N-ethyl adjacent to an activating group) is 1. The molecule has 2 aromatic heterocycles. The van der Waals surface area contributed by atoms with Crippen LogP contribution in [0.25, 0.3) is 16.2 Å². The summed E-state index contributed by atoms with van der Waals surface area (Å²) in [6, 6.07) is 7.88. The zero-order chi connectivity index (χ0) is 18.8. The second kappa shape index (κ2) is 7.70. The number of nitrogens with zero attached hydrogens (tertiary/aromatic N) is 4. The highest BCUT2D eigenvalue weighted by atomic mass is 32.1. The third-order valence-electron chi connectivity index (χ3n) is 5.15. The summed E-state index contributed by atoms with van der Waals surface area (Å²) in [5.74, 6) is 1.01. The minimum Gasteiger partial charge on any atom is -0.497 e. The number of carbonyl (C=O) groups is 1. The topological polar surface area (TPSA) is 50.1 Å². The second-order valence-corrected chi connectivity index (χ2v) is 7.57. The molecule has 27 heavy (non-hydrogen) atoms. The van der Waals surface area contributed by atoms with Gasteiger partial charge >= 0.3 is 0 Å². The summed E-state index contributed by atoms with van der Waals surface area (Å²) in [5.41, 5.74) is 2.91. The SMILES string of the molecule is CCN1CCN(C(=O)Cc2csc3nc(-c4cccc(OC)c4)cn23)CC1. The van der Waals surface area contributed by atoms with E-state index < -0.39 is 0 Å². The fourth-order valence-electron chi connectivity index (χ4n) is 3.46. The number of benzene rings is 1. The Bertz CT molecular complexity index is 941. The van der Waals surface area contributed by atoms with Crippen LogP contribution in [0.1, 0.15) is 12.6 Å². The van der Waals surface area contributed by atoms with Crippen LogP contribution >= 0.6 is 11.3 Å². The van der Waals surface area contributed by atoms with Crippen LogP contribution in [0, 0.1) is 0 Å². The number of aromatic nitrogens is 2. The molecule has 0 bridgehead atoms. The van der Waals surface area contributed by atoms with Gasteiger partial charge in [-0.2, -0.15) is 0 Å². The number of rotatable bonds is 5. The van der Waals surface area contributed by atoms with Crippen molar-refractivity contribution in [3.8, 4) is 17.0 Å². The molecule has 1 aliphatic rings. The molecule has 1 saturated heterocycles. The molecule has 0 saturated carbocycles. The maximum absolute atomic E-state index is 12.7. The van der Waals surface area contributed by atoms with Crippen molar-refractivity contribution in [2.75, 3.05) is 39.8 Å². The van der Waals surface area contributed by atoms with E-state index in [0.29, 0.717) is 6.42 Å². The largest absolute Gasteiger partial charge is 0.497 e. The van der Waals surface area contributed by atoms with Gasteiger partial charge in [0.1, 0.15) is 5.75 Å². The molecule has 3 heterocycles.